The van der Waals surface area contributed by atoms with Crippen LogP contribution in [-0.4, -0.2) is 54.7 Å². The summed E-state index contributed by atoms with van der Waals surface area (Å²) in [7, 11) is 0. The molecular formula is C19H24FN3O. The summed E-state index contributed by atoms with van der Waals surface area (Å²) in [6, 6.07) is 7.29. The third-order valence-corrected chi connectivity index (χ3v) is 5.53. The van der Waals surface area contributed by atoms with Crippen molar-refractivity contribution in [1.29, 1.82) is 5.26 Å². The smallest absolute Gasteiger partial charge is 0.140 e. The average molecular weight is 329 g/mol. The average Bonchev–Trinajstić information content (AvgIpc) is 3.41. The van der Waals surface area contributed by atoms with Crippen molar-refractivity contribution in [2.75, 3.05) is 32.8 Å². The molecule has 0 spiro atoms. The molecule has 4 nitrogen and oxygen atoms in total. The number of rotatable bonds is 4. The van der Waals surface area contributed by atoms with E-state index in [-0.39, 0.29) is 5.56 Å². The van der Waals surface area contributed by atoms with Gasteiger partial charge >= 0.3 is 0 Å². The van der Waals surface area contributed by atoms with Gasteiger partial charge in [0.05, 0.1) is 18.3 Å². The summed E-state index contributed by atoms with van der Waals surface area (Å²) >= 11 is 0. The first-order valence-corrected chi connectivity index (χ1v) is 8.99. The van der Waals surface area contributed by atoms with E-state index in [2.05, 4.69) is 9.80 Å². The van der Waals surface area contributed by atoms with Gasteiger partial charge in [0.15, 0.2) is 0 Å². The number of ether oxygens (including phenoxy) is 1. The molecule has 4 rings (SSSR count). The fourth-order valence-electron chi connectivity index (χ4n) is 4.02. The maximum atomic E-state index is 13.5. The Hall–Kier alpha value is -1.48. The summed E-state index contributed by atoms with van der Waals surface area (Å²) in [6.07, 6.45) is 4.17. The highest BCUT2D eigenvalue weighted by molar-refractivity contribution is 5.34. The van der Waals surface area contributed by atoms with Gasteiger partial charge in [-0.05, 0) is 42.9 Å². The van der Waals surface area contributed by atoms with E-state index in [1.807, 2.05) is 6.07 Å². The number of hydrogen-bond acceptors (Lipinski definition) is 4. The van der Waals surface area contributed by atoms with E-state index in [1.165, 1.54) is 25.5 Å². The number of likely N-dealkylation sites (tertiary alicyclic amines) is 1. The number of fused-ring (bicyclic) bond motifs is 1. The summed E-state index contributed by atoms with van der Waals surface area (Å²) in [5, 5.41) is 9.00. The topological polar surface area (TPSA) is 39.5 Å². The molecule has 128 valence electrons. The van der Waals surface area contributed by atoms with E-state index in [0.717, 1.165) is 50.7 Å². The fraction of sp³-hybridized carbons (Fsp3) is 0.632. The molecule has 0 unspecified atom stereocenters. The zero-order chi connectivity index (χ0) is 16.5. The molecule has 2 aliphatic heterocycles. The van der Waals surface area contributed by atoms with Gasteiger partial charge in [-0.1, -0.05) is 6.07 Å². The van der Waals surface area contributed by atoms with Crippen LogP contribution in [0.2, 0.25) is 0 Å². The Bertz CT molecular complexity index is 640. The summed E-state index contributed by atoms with van der Waals surface area (Å²) < 4.78 is 19.5. The largest absolute Gasteiger partial charge is 0.375 e. The molecule has 2 atom stereocenters. The van der Waals surface area contributed by atoms with Crippen molar-refractivity contribution >= 4 is 0 Å². The fourth-order valence-corrected chi connectivity index (χ4v) is 4.02. The van der Waals surface area contributed by atoms with Crippen LogP contribution < -0.4 is 0 Å². The third-order valence-electron chi connectivity index (χ3n) is 5.53. The summed E-state index contributed by atoms with van der Waals surface area (Å²) in [5.74, 6) is 0.464. The molecule has 5 heteroatoms. The quantitative estimate of drug-likeness (QED) is 0.850. The van der Waals surface area contributed by atoms with Gasteiger partial charge in [-0.2, -0.15) is 5.26 Å². The van der Waals surface area contributed by atoms with Crippen molar-refractivity contribution in [3.05, 3.63) is 35.1 Å². The molecule has 2 saturated heterocycles. The van der Waals surface area contributed by atoms with Gasteiger partial charge in [-0.25, -0.2) is 4.39 Å². The van der Waals surface area contributed by atoms with Gasteiger partial charge in [-0.3, -0.25) is 9.80 Å². The van der Waals surface area contributed by atoms with Crippen molar-refractivity contribution in [3.63, 3.8) is 0 Å². The van der Waals surface area contributed by atoms with Crippen molar-refractivity contribution in [3.8, 4) is 6.07 Å². The van der Waals surface area contributed by atoms with Crippen molar-refractivity contribution in [2.24, 2.45) is 5.92 Å². The first-order valence-electron chi connectivity index (χ1n) is 8.99. The van der Waals surface area contributed by atoms with Crippen LogP contribution in [0.15, 0.2) is 18.2 Å². The van der Waals surface area contributed by atoms with Crippen LogP contribution in [0.1, 0.15) is 30.4 Å². The highest BCUT2D eigenvalue weighted by Crippen LogP contribution is 2.33. The normalized spacial score (nSPS) is 28.3. The van der Waals surface area contributed by atoms with E-state index < -0.39 is 5.82 Å². The lowest BCUT2D eigenvalue weighted by Gasteiger charge is -2.47. The minimum atomic E-state index is -0.434. The number of hydrogen-bond donors (Lipinski definition) is 0. The Morgan fingerprint density at radius 2 is 2.12 bits per heavy atom. The first kappa shape index (κ1) is 16.0. The molecule has 24 heavy (non-hydrogen) atoms. The van der Waals surface area contributed by atoms with E-state index in [4.69, 9.17) is 10.00 Å². The number of nitrogens with zero attached hydrogens (tertiary/aromatic N) is 3. The van der Waals surface area contributed by atoms with Crippen LogP contribution in [0.5, 0.6) is 0 Å². The van der Waals surface area contributed by atoms with Crippen LogP contribution in [-0.2, 0) is 11.3 Å². The number of nitriles is 1. The van der Waals surface area contributed by atoms with E-state index in [9.17, 15) is 4.39 Å². The number of benzene rings is 1. The molecule has 2 heterocycles. The highest BCUT2D eigenvalue weighted by Gasteiger charge is 2.38. The van der Waals surface area contributed by atoms with Crippen LogP contribution in [0.3, 0.4) is 0 Å². The maximum Gasteiger partial charge on any atom is 0.140 e. The molecule has 0 radical (unpaired) electrons. The van der Waals surface area contributed by atoms with Gasteiger partial charge in [0.1, 0.15) is 11.9 Å². The zero-order valence-electron chi connectivity index (χ0n) is 14.0. The second kappa shape index (κ2) is 6.79. The number of piperidine rings is 1. The van der Waals surface area contributed by atoms with Crippen molar-refractivity contribution < 1.29 is 9.13 Å². The Kier molecular flexibility index (Phi) is 4.53. The van der Waals surface area contributed by atoms with Gasteiger partial charge in [0.2, 0.25) is 0 Å². The maximum absolute atomic E-state index is 13.5. The molecule has 0 N–H and O–H groups in total. The van der Waals surface area contributed by atoms with Gasteiger partial charge in [0.25, 0.3) is 0 Å². The standard InChI is InChI=1S/C19H24FN3O/c20-17-4-3-15(9-16(17)10-21)11-22-6-5-19-18(13-22)23(7-8-24-19)12-14-1-2-14/h3-4,9,14,18-19H,1-2,5-8,11-13H2/t18-,19-/m0/s1. The molecular weight excluding hydrogens is 305 g/mol. The monoisotopic (exact) mass is 329 g/mol. The summed E-state index contributed by atoms with van der Waals surface area (Å²) in [6.45, 7) is 5.88. The molecule has 0 bridgehead atoms. The lowest BCUT2D eigenvalue weighted by molar-refractivity contribution is -0.105. The zero-order valence-corrected chi connectivity index (χ0v) is 14.0. The van der Waals surface area contributed by atoms with E-state index in [1.54, 1.807) is 12.1 Å². The first-order chi connectivity index (χ1) is 11.7. The SMILES string of the molecule is N#Cc1cc(CN2CC[C@@H]3OCCN(CC4CC4)[C@H]3C2)ccc1F. The number of morpholine rings is 1. The predicted octanol–water partition coefficient (Wildman–Crippen LogP) is 2.38. The van der Waals surface area contributed by atoms with Crippen LogP contribution in [0, 0.1) is 23.1 Å². The molecule has 0 aromatic heterocycles. The van der Waals surface area contributed by atoms with Gasteiger partial charge in [-0.15, -0.1) is 0 Å². The van der Waals surface area contributed by atoms with Crippen LogP contribution >= 0.6 is 0 Å². The molecule has 3 fully saturated rings. The van der Waals surface area contributed by atoms with Crippen molar-refractivity contribution in [2.45, 2.75) is 38.0 Å². The molecule has 1 saturated carbocycles. The van der Waals surface area contributed by atoms with E-state index >= 15 is 0 Å². The minimum Gasteiger partial charge on any atom is -0.375 e. The Morgan fingerprint density at radius 3 is 2.92 bits per heavy atom. The minimum absolute atomic E-state index is 0.138. The Labute approximate surface area is 142 Å². The predicted molar refractivity (Wildman–Crippen MR) is 88.8 cm³/mol. The molecule has 0 amide bonds. The molecule has 1 aliphatic carbocycles. The second-order valence-corrected chi connectivity index (χ2v) is 7.36. The summed E-state index contributed by atoms with van der Waals surface area (Å²) in [4.78, 5) is 5.05. The van der Waals surface area contributed by atoms with Crippen molar-refractivity contribution in [1.82, 2.24) is 9.80 Å². The Morgan fingerprint density at radius 1 is 1.25 bits per heavy atom. The van der Waals surface area contributed by atoms with Crippen LogP contribution in [0.4, 0.5) is 4.39 Å². The Balaban J connectivity index is 1.42. The number of halogens is 1. The lowest BCUT2D eigenvalue weighted by atomic mass is 9.97. The highest BCUT2D eigenvalue weighted by atomic mass is 19.1. The molecule has 1 aromatic rings. The van der Waals surface area contributed by atoms with Crippen LogP contribution in [0.25, 0.3) is 0 Å². The lowest BCUT2D eigenvalue weighted by Crippen LogP contribution is -2.60. The molecule has 3 aliphatic rings. The second-order valence-electron chi connectivity index (χ2n) is 7.36. The third kappa shape index (κ3) is 3.46. The van der Waals surface area contributed by atoms with Gasteiger partial charge in [0, 0.05) is 38.8 Å². The van der Waals surface area contributed by atoms with E-state index in [0.29, 0.717) is 12.1 Å². The summed E-state index contributed by atoms with van der Waals surface area (Å²) in [5.41, 5.74) is 1.15. The molecule has 1 aromatic carbocycles. The van der Waals surface area contributed by atoms with Gasteiger partial charge < -0.3 is 4.74 Å².